The Bertz CT molecular complexity index is 897. The van der Waals surface area contributed by atoms with Gasteiger partial charge in [0.2, 0.25) is 17.6 Å². The maximum atomic E-state index is 12.4. The molecule has 0 fully saturated rings. The highest BCUT2D eigenvalue weighted by Crippen LogP contribution is 2.23. The van der Waals surface area contributed by atoms with Gasteiger partial charge in [0.25, 0.3) is 0 Å². The number of amides is 1. The molecule has 0 saturated heterocycles. The number of aromatic nitrogens is 2. The molecule has 1 amide bonds. The summed E-state index contributed by atoms with van der Waals surface area (Å²) < 4.78 is 5.27. The number of para-hydroxylation sites is 1. The minimum Gasteiger partial charge on any atom is -0.339 e. The molecule has 1 aromatic heterocycles. The number of benzene rings is 2. The number of aryl methyl sites for hydroxylation is 3. The van der Waals surface area contributed by atoms with Gasteiger partial charge in [-0.1, -0.05) is 48.8 Å². The summed E-state index contributed by atoms with van der Waals surface area (Å²) in [6.07, 6.45) is 2.42. The third kappa shape index (κ3) is 4.74. The molecule has 3 aromatic rings. The third-order valence-corrected chi connectivity index (χ3v) is 4.65. The summed E-state index contributed by atoms with van der Waals surface area (Å²) in [6.45, 7) is 4.17. The first-order valence-electron chi connectivity index (χ1n) is 9.09. The van der Waals surface area contributed by atoms with E-state index in [0.29, 0.717) is 23.2 Å². The molecule has 0 aliphatic rings. The van der Waals surface area contributed by atoms with Gasteiger partial charge in [-0.2, -0.15) is 4.98 Å². The smallest absolute Gasteiger partial charge is 0.227 e. The largest absolute Gasteiger partial charge is 0.339 e. The second-order valence-electron chi connectivity index (χ2n) is 6.23. The lowest BCUT2D eigenvalue weighted by molar-refractivity contribution is -0.116. The van der Waals surface area contributed by atoms with Crippen LogP contribution in [0.2, 0.25) is 5.02 Å². The standard InChI is InChI=1S/C21H22ClN3O2/c1-3-14-6-5-7-15(4-2)20(14)23-18(26)12-13-19-24-21(25-27-19)16-8-10-17(22)11-9-16/h5-11H,3-4,12-13H2,1-2H3,(H,23,26). The predicted molar refractivity (Wildman–Crippen MR) is 107 cm³/mol. The van der Waals surface area contributed by atoms with Gasteiger partial charge in [0.1, 0.15) is 0 Å². The van der Waals surface area contributed by atoms with E-state index >= 15 is 0 Å². The predicted octanol–water partition coefficient (Wildman–Crippen LogP) is 5.09. The fourth-order valence-corrected chi connectivity index (χ4v) is 3.02. The molecule has 6 heteroatoms. The van der Waals surface area contributed by atoms with Crippen LogP contribution in [0, 0.1) is 0 Å². The van der Waals surface area contributed by atoms with Crippen molar-refractivity contribution >= 4 is 23.2 Å². The van der Waals surface area contributed by atoms with Crippen molar-refractivity contribution in [3.8, 4) is 11.4 Å². The Balaban J connectivity index is 1.63. The Morgan fingerprint density at radius 1 is 1.07 bits per heavy atom. The molecule has 1 N–H and O–H groups in total. The van der Waals surface area contributed by atoms with Gasteiger partial charge in [-0.3, -0.25) is 4.79 Å². The molecule has 3 rings (SSSR count). The van der Waals surface area contributed by atoms with Crippen molar-refractivity contribution in [2.24, 2.45) is 0 Å². The summed E-state index contributed by atoms with van der Waals surface area (Å²) >= 11 is 5.89. The number of hydrogen-bond acceptors (Lipinski definition) is 4. The average molecular weight is 384 g/mol. The van der Waals surface area contributed by atoms with E-state index in [-0.39, 0.29) is 12.3 Å². The highest BCUT2D eigenvalue weighted by Gasteiger charge is 2.13. The van der Waals surface area contributed by atoms with Crippen LogP contribution in [0.3, 0.4) is 0 Å². The van der Waals surface area contributed by atoms with E-state index in [1.807, 2.05) is 30.3 Å². The number of halogens is 1. The van der Waals surface area contributed by atoms with Crippen molar-refractivity contribution in [1.82, 2.24) is 10.1 Å². The maximum absolute atomic E-state index is 12.4. The lowest BCUT2D eigenvalue weighted by Gasteiger charge is -2.14. The summed E-state index contributed by atoms with van der Waals surface area (Å²) in [6, 6.07) is 13.3. The van der Waals surface area contributed by atoms with E-state index < -0.39 is 0 Å². The van der Waals surface area contributed by atoms with E-state index in [4.69, 9.17) is 16.1 Å². The van der Waals surface area contributed by atoms with Crippen LogP contribution in [0.5, 0.6) is 0 Å². The quantitative estimate of drug-likeness (QED) is 0.617. The summed E-state index contributed by atoms with van der Waals surface area (Å²) in [7, 11) is 0. The SMILES string of the molecule is CCc1cccc(CC)c1NC(=O)CCc1nc(-c2ccc(Cl)cc2)no1. The summed E-state index contributed by atoms with van der Waals surface area (Å²) in [5.74, 6) is 0.873. The fraction of sp³-hybridized carbons (Fsp3) is 0.286. The molecule has 0 atom stereocenters. The van der Waals surface area contributed by atoms with Crippen LogP contribution in [0.1, 0.15) is 37.3 Å². The van der Waals surface area contributed by atoms with E-state index in [1.54, 1.807) is 12.1 Å². The van der Waals surface area contributed by atoms with Gasteiger partial charge in [0.05, 0.1) is 0 Å². The molecular weight excluding hydrogens is 362 g/mol. The number of anilines is 1. The van der Waals surface area contributed by atoms with Crippen molar-refractivity contribution in [3.05, 3.63) is 64.5 Å². The molecule has 2 aromatic carbocycles. The monoisotopic (exact) mass is 383 g/mol. The van der Waals surface area contributed by atoms with E-state index in [1.165, 1.54) is 0 Å². The minimum absolute atomic E-state index is 0.0585. The Hall–Kier alpha value is -2.66. The topological polar surface area (TPSA) is 68.0 Å². The molecule has 0 aliphatic carbocycles. The summed E-state index contributed by atoms with van der Waals surface area (Å²) in [5.41, 5.74) is 4.04. The molecule has 0 aliphatic heterocycles. The number of carbonyl (C=O) groups excluding carboxylic acids is 1. The zero-order valence-electron chi connectivity index (χ0n) is 15.5. The highest BCUT2D eigenvalue weighted by molar-refractivity contribution is 6.30. The molecule has 1 heterocycles. The first kappa shape index (κ1) is 19.1. The normalized spacial score (nSPS) is 10.8. The minimum atomic E-state index is -0.0585. The number of hydrogen-bond donors (Lipinski definition) is 1. The lowest BCUT2D eigenvalue weighted by Crippen LogP contribution is -2.15. The van der Waals surface area contributed by atoms with E-state index in [2.05, 4.69) is 29.3 Å². The number of nitrogens with zero attached hydrogens (tertiary/aromatic N) is 2. The molecule has 0 unspecified atom stereocenters. The van der Waals surface area contributed by atoms with Gasteiger partial charge in [-0.25, -0.2) is 0 Å². The van der Waals surface area contributed by atoms with Crippen molar-refractivity contribution in [3.63, 3.8) is 0 Å². The van der Waals surface area contributed by atoms with Crippen LogP contribution in [-0.4, -0.2) is 16.0 Å². The lowest BCUT2D eigenvalue weighted by atomic mass is 10.0. The summed E-state index contributed by atoms with van der Waals surface area (Å²) in [5, 5.41) is 7.68. The van der Waals surface area contributed by atoms with Crippen molar-refractivity contribution in [2.75, 3.05) is 5.32 Å². The molecule has 0 bridgehead atoms. The number of rotatable bonds is 7. The Morgan fingerprint density at radius 2 is 1.74 bits per heavy atom. The van der Waals surface area contributed by atoms with Crippen molar-refractivity contribution in [2.45, 2.75) is 39.5 Å². The van der Waals surface area contributed by atoms with Gasteiger partial charge >= 0.3 is 0 Å². The van der Waals surface area contributed by atoms with Crippen LogP contribution in [-0.2, 0) is 24.1 Å². The summed E-state index contributed by atoms with van der Waals surface area (Å²) in [4.78, 5) is 16.8. The molecule has 27 heavy (non-hydrogen) atoms. The van der Waals surface area contributed by atoms with Gasteiger partial charge in [-0.05, 0) is 48.2 Å². The van der Waals surface area contributed by atoms with Crippen LogP contribution in [0.15, 0.2) is 47.0 Å². The second kappa shape index (κ2) is 8.82. The van der Waals surface area contributed by atoms with E-state index in [0.717, 1.165) is 35.2 Å². The fourth-order valence-electron chi connectivity index (χ4n) is 2.90. The van der Waals surface area contributed by atoms with Crippen molar-refractivity contribution < 1.29 is 9.32 Å². The van der Waals surface area contributed by atoms with Crippen LogP contribution in [0.4, 0.5) is 5.69 Å². The number of carbonyl (C=O) groups is 1. The molecule has 0 radical (unpaired) electrons. The van der Waals surface area contributed by atoms with Crippen LogP contribution >= 0.6 is 11.6 Å². The van der Waals surface area contributed by atoms with Crippen LogP contribution in [0.25, 0.3) is 11.4 Å². The van der Waals surface area contributed by atoms with Gasteiger partial charge in [0.15, 0.2) is 0 Å². The van der Waals surface area contributed by atoms with Crippen LogP contribution < -0.4 is 5.32 Å². The molecule has 140 valence electrons. The third-order valence-electron chi connectivity index (χ3n) is 4.40. The second-order valence-corrected chi connectivity index (χ2v) is 6.66. The first-order valence-corrected chi connectivity index (χ1v) is 9.47. The highest BCUT2D eigenvalue weighted by atomic mass is 35.5. The maximum Gasteiger partial charge on any atom is 0.227 e. The Labute approximate surface area is 163 Å². The molecule has 5 nitrogen and oxygen atoms in total. The first-order chi connectivity index (χ1) is 13.1. The molecule has 0 saturated carbocycles. The van der Waals surface area contributed by atoms with Gasteiger partial charge in [0, 0.05) is 29.1 Å². The average Bonchev–Trinajstić information content (AvgIpc) is 3.16. The Kier molecular flexibility index (Phi) is 6.24. The molecular formula is C21H22ClN3O2. The van der Waals surface area contributed by atoms with Gasteiger partial charge < -0.3 is 9.84 Å². The Morgan fingerprint density at radius 3 is 2.37 bits per heavy atom. The zero-order chi connectivity index (χ0) is 19.2. The van der Waals surface area contributed by atoms with E-state index in [9.17, 15) is 4.79 Å². The molecule has 0 spiro atoms. The van der Waals surface area contributed by atoms with Gasteiger partial charge in [-0.15, -0.1) is 0 Å². The zero-order valence-corrected chi connectivity index (χ0v) is 16.2. The van der Waals surface area contributed by atoms with Crippen molar-refractivity contribution in [1.29, 1.82) is 0 Å². The number of nitrogens with one attached hydrogen (secondary N) is 1.